The van der Waals surface area contributed by atoms with E-state index in [1.165, 1.54) is 0 Å². The first-order valence-electron chi connectivity index (χ1n) is 8.60. The fraction of sp³-hybridized carbons (Fsp3) is 0.538. The van der Waals surface area contributed by atoms with Crippen molar-refractivity contribution in [3.8, 4) is 11.5 Å². The average Bonchev–Trinajstić information content (AvgIpc) is 2.83. The molecule has 1 unspecified atom stereocenters. The van der Waals surface area contributed by atoms with Crippen LogP contribution in [0, 0.1) is 0 Å². The molecule has 1 aromatic rings. The molecule has 3 heteroatoms. The highest BCUT2D eigenvalue weighted by Gasteiger charge is 2.13. The molecule has 1 heterocycles. The minimum atomic E-state index is -3.07. The van der Waals surface area contributed by atoms with Crippen LogP contribution in [0.4, 0.5) is 0 Å². The number of hydrogen-bond acceptors (Lipinski definition) is 3. The lowest BCUT2D eigenvalue weighted by Gasteiger charge is -2.13. The van der Waals surface area contributed by atoms with Gasteiger partial charge < -0.3 is 14.8 Å². The van der Waals surface area contributed by atoms with Gasteiger partial charge in [-0.05, 0) is 43.9 Å². The Labute approximate surface area is 107 Å². The quantitative estimate of drug-likeness (QED) is 0.839. The summed E-state index contributed by atoms with van der Waals surface area (Å²) in [6, 6.07) is 4.84. The Bertz CT molecular complexity index is 574. The minimum absolute atomic E-state index is 0.161. The van der Waals surface area contributed by atoms with Crippen molar-refractivity contribution in [2.75, 3.05) is 13.3 Å². The molecule has 1 N–H and O–H groups in total. The topological polar surface area (TPSA) is 30.5 Å². The summed E-state index contributed by atoms with van der Waals surface area (Å²) in [5.41, 5.74) is 0.847. The van der Waals surface area contributed by atoms with Crippen LogP contribution in [0.5, 0.6) is 11.5 Å². The molecule has 0 saturated heterocycles. The Balaban J connectivity index is 2.05. The van der Waals surface area contributed by atoms with E-state index >= 15 is 0 Å². The molecular weight excluding hydrogens is 202 g/mol. The second-order valence-corrected chi connectivity index (χ2v) is 3.69. The van der Waals surface area contributed by atoms with Crippen molar-refractivity contribution < 1.29 is 19.1 Å². The van der Waals surface area contributed by atoms with Crippen molar-refractivity contribution in [1.29, 1.82) is 0 Å². The normalized spacial score (nSPS) is 24.2. The van der Waals surface area contributed by atoms with Gasteiger partial charge in [0.05, 0.1) is 0 Å². The Morgan fingerprint density at radius 1 is 1.50 bits per heavy atom. The van der Waals surface area contributed by atoms with Crippen molar-refractivity contribution in [2.45, 2.75) is 32.6 Å². The van der Waals surface area contributed by atoms with Crippen molar-refractivity contribution in [2.24, 2.45) is 0 Å². The van der Waals surface area contributed by atoms with Crippen LogP contribution in [0.1, 0.15) is 35.3 Å². The molecular formula is C13H19NO2. The van der Waals surface area contributed by atoms with Crippen LogP contribution in [-0.2, 0) is 6.42 Å². The third-order valence-electron chi connectivity index (χ3n) is 2.36. The fourth-order valence-electron chi connectivity index (χ4n) is 1.63. The van der Waals surface area contributed by atoms with Crippen LogP contribution < -0.4 is 14.8 Å². The fourth-order valence-corrected chi connectivity index (χ4v) is 1.63. The van der Waals surface area contributed by atoms with Gasteiger partial charge in [0.15, 0.2) is 11.5 Å². The Kier molecular flexibility index (Phi) is 1.76. The summed E-state index contributed by atoms with van der Waals surface area (Å²) in [5, 5.41) is 2.45. The first kappa shape index (κ1) is 5.41. The van der Waals surface area contributed by atoms with Crippen LogP contribution >= 0.6 is 0 Å². The van der Waals surface area contributed by atoms with Crippen molar-refractivity contribution in [3.63, 3.8) is 0 Å². The van der Waals surface area contributed by atoms with Crippen molar-refractivity contribution >= 4 is 0 Å². The molecule has 1 aliphatic rings. The third-order valence-corrected chi connectivity index (χ3v) is 2.36. The smallest absolute Gasteiger partial charge is 0.231 e. The van der Waals surface area contributed by atoms with Crippen molar-refractivity contribution in [1.82, 2.24) is 5.32 Å². The maximum absolute atomic E-state index is 7.78. The lowest BCUT2D eigenvalue weighted by Crippen LogP contribution is -2.28. The molecule has 0 aromatic heterocycles. The van der Waals surface area contributed by atoms with E-state index in [1.54, 1.807) is 25.1 Å². The minimum Gasteiger partial charge on any atom is -0.454 e. The summed E-state index contributed by atoms with van der Waals surface area (Å²) >= 11 is 0. The van der Waals surface area contributed by atoms with Gasteiger partial charge in [-0.15, -0.1) is 0 Å². The van der Waals surface area contributed by atoms with E-state index in [0.717, 1.165) is 5.56 Å². The molecule has 0 spiro atoms. The van der Waals surface area contributed by atoms with Gasteiger partial charge in [0, 0.05) is 15.6 Å². The molecule has 0 fully saturated rings. The third kappa shape index (κ3) is 2.67. The molecule has 88 valence electrons. The zero-order valence-corrected chi connectivity index (χ0v) is 9.04. The molecule has 0 saturated carbocycles. The lowest BCUT2D eigenvalue weighted by atomic mass is 10.1. The predicted octanol–water partition coefficient (Wildman–Crippen LogP) is 2.35. The molecule has 1 atom stereocenters. The molecule has 3 nitrogen and oxygen atoms in total. The first-order valence-corrected chi connectivity index (χ1v) is 5.10. The van der Waals surface area contributed by atoms with Crippen LogP contribution in [0.15, 0.2) is 18.2 Å². The highest BCUT2D eigenvalue weighted by atomic mass is 16.7. The van der Waals surface area contributed by atoms with Crippen LogP contribution in [0.3, 0.4) is 0 Å². The molecule has 0 aliphatic carbocycles. The van der Waals surface area contributed by atoms with Crippen LogP contribution in [-0.4, -0.2) is 19.3 Å². The zero-order chi connectivity index (χ0) is 17.5. The van der Waals surface area contributed by atoms with Crippen LogP contribution in [0.2, 0.25) is 0 Å². The number of hydrogen-bond donors (Lipinski definition) is 1. The highest BCUT2D eigenvalue weighted by molar-refractivity contribution is 5.44. The molecule has 0 amide bonds. The number of ether oxygens (including phenoxy) is 2. The molecule has 0 radical (unpaired) electrons. The summed E-state index contributed by atoms with van der Waals surface area (Å²) in [6.07, 6.45) is -2.63. The van der Waals surface area contributed by atoms with Crippen LogP contribution in [0.25, 0.3) is 0 Å². The SMILES string of the molecule is [2H]C([2H])([2H])C([2H])([2H])C([2H])([2H])NC(C)Cc1ccc2c(c1)OCO2. The van der Waals surface area contributed by atoms with E-state index in [9.17, 15) is 0 Å². The first-order chi connectivity index (χ1) is 10.4. The maximum atomic E-state index is 7.78. The van der Waals surface area contributed by atoms with Gasteiger partial charge in [0.2, 0.25) is 6.79 Å². The number of benzene rings is 1. The maximum Gasteiger partial charge on any atom is 0.231 e. The molecule has 0 bridgehead atoms. The second kappa shape index (κ2) is 5.21. The average molecular weight is 228 g/mol. The molecule has 1 aromatic carbocycles. The molecule has 16 heavy (non-hydrogen) atoms. The largest absolute Gasteiger partial charge is 0.454 e. The van der Waals surface area contributed by atoms with Gasteiger partial charge in [-0.3, -0.25) is 0 Å². The Morgan fingerprint density at radius 3 is 3.25 bits per heavy atom. The van der Waals surface area contributed by atoms with Crippen molar-refractivity contribution in [3.05, 3.63) is 23.8 Å². The molecule has 1 aliphatic heterocycles. The molecule has 2 rings (SSSR count). The second-order valence-electron chi connectivity index (χ2n) is 3.69. The highest BCUT2D eigenvalue weighted by Crippen LogP contribution is 2.32. The summed E-state index contributed by atoms with van der Waals surface area (Å²) in [4.78, 5) is 0. The number of nitrogens with one attached hydrogen (secondary N) is 1. The monoisotopic (exact) mass is 228 g/mol. The van der Waals surface area contributed by atoms with Gasteiger partial charge >= 0.3 is 0 Å². The Morgan fingerprint density at radius 2 is 2.38 bits per heavy atom. The van der Waals surface area contributed by atoms with E-state index in [1.807, 2.05) is 0 Å². The van der Waals surface area contributed by atoms with E-state index in [-0.39, 0.29) is 6.79 Å². The standard InChI is InChI=1S/C13H19NO2/c1-3-6-14-10(2)7-11-4-5-12-13(8-11)16-9-15-12/h4-5,8,10,14H,3,6-7,9H2,1-2H3/i1D3,3D2,6D2. The van der Waals surface area contributed by atoms with Gasteiger partial charge in [-0.1, -0.05) is 12.9 Å². The summed E-state index contributed by atoms with van der Waals surface area (Å²) in [5.74, 6) is 1.25. The van der Waals surface area contributed by atoms with E-state index in [4.69, 9.17) is 19.1 Å². The van der Waals surface area contributed by atoms with Gasteiger partial charge in [0.1, 0.15) is 0 Å². The zero-order valence-electron chi connectivity index (χ0n) is 16.0. The van der Waals surface area contributed by atoms with Gasteiger partial charge in [-0.25, -0.2) is 0 Å². The lowest BCUT2D eigenvalue weighted by molar-refractivity contribution is 0.174. The summed E-state index contributed by atoms with van der Waals surface area (Å²) in [6.45, 7) is -3.94. The van der Waals surface area contributed by atoms with E-state index in [2.05, 4.69) is 5.32 Å². The summed E-state index contributed by atoms with van der Waals surface area (Å²) in [7, 11) is 0. The van der Waals surface area contributed by atoms with Gasteiger partial charge in [-0.2, -0.15) is 0 Å². The Hall–Kier alpha value is -1.22. The predicted molar refractivity (Wildman–Crippen MR) is 64.0 cm³/mol. The van der Waals surface area contributed by atoms with Gasteiger partial charge in [0.25, 0.3) is 0 Å². The van der Waals surface area contributed by atoms with E-state index in [0.29, 0.717) is 17.9 Å². The summed E-state index contributed by atoms with van der Waals surface area (Å²) < 4.78 is 62.8. The number of rotatable bonds is 5. The van der Waals surface area contributed by atoms with E-state index < -0.39 is 25.8 Å². The number of fused-ring (bicyclic) bond motifs is 1.